The molecular weight excluding hydrogens is 165 g/mol. The first-order valence-corrected chi connectivity index (χ1v) is 3.20. The van der Waals surface area contributed by atoms with E-state index in [0.717, 1.165) is 5.56 Å². The summed E-state index contributed by atoms with van der Waals surface area (Å²) in [5, 5.41) is 0.662. The fourth-order valence-corrected chi connectivity index (χ4v) is 0.835. The van der Waals surface area contributed by atoms with E-state index in [4.69, 9.17) is 0 Å². The molecule has 0 saturated carbocycles. The van der Waals surface area contributed by atoms with Crippen LogP contribution in [0.15, 0.2) is 30.3 Å². The van der Waals surface area contributed by atoms with Crippen LogP contribution in [0.25, 0.3) is 0 Å². The monoisotopic (exact) mass is 175 g/mol. The second-order valence-electron chi connectivity index (χ2n) is 2.25. The molecule has 0 unspecified atom stereocenters. The number of hydrogen-bond acceptors (Lipinski definition) is 1. The lowest BCUT2D eigenvalue weighted by molar-refractivity contribution is 0.0506. The molecule has 0 saturated heterocycles. The topological polar surface area (TPSA) is 3.24 Å². The fourth-order valence-electron chi connectivity index (χ4n) is 0.835. The van der Waals surface area contributed by atoms with Crippen LogP contribution in [0.3, 0.4) is 0 Å². The lowest BCUT2D eigenvalue weighted by Crippen LogP contribution is -2.04. The van der Waals surface area contributed by atoms with Crippen molar-refractivity contribution in [3.05, 3.63) is 35.9 Å². The van der Waals surface area contributed by atoms with Gasteiger partial charge in [0.2, 0.25) is 0 Å². The minimum Gasteiger partial charge on any atom is -0.147 e. The summed E-state index contributed by atoms with van der Waals surface area (Å²) in [7, 11) is 1.41. The number of hydrogen-bond donors (Lipinski definition) is 0. The van der Waals surface area contributed by atoms with E-state index in [9.17, 15) is 4.48 Å². The van der Waals surface area contributed by atoms with Crippen LogP contribution in [-0.4, -0.2) is 12.2 Å². The van der Waals surface area contributed by atoms with Crippen molar-refractivity contribution >= 4 is 12.4 Å². The third kappa shape index (κ3) is 3.96. The van der Waals surface area contributed by atoms with E-state index >= 15 is 0 Å². The third-order valence-electron chi connectivity index (χ3n) is 1.24. The zero-order valence-electron chi connectivity index (χ0n) is 6.33. The summed E-state index contributed by atoms with van der Waals surface area (Å²) in [6.07, 6.45) is 0. The van der Waals surface area contributed by atoms with Gasteiger partial charge in [-0.25, -0.2) is 0 Å². The van der Waals surface area contributed by atoms with Crippen molar-refractivity contribution in [2.45, 2.75) is 6.54 Å². The third-order valence-corrected chi connectivity index (χ3v) is 1.24. The molecule has 0 N–H and O–H groups in total. The average Bonchev–Trinajstić information content (AvgIpc) is 1.88. The molecule has 0 atom stereocenters. The Morgan fingerprint density at radius 1 is 1.27 bits per heavy atom. The molecule has 1 nitrogen and oxygen atoms in total. The van der Waals surface area contributed by atoms with Gasteiger partial charge in [0.1, 0.15) is 0 Å². The Morgan fingerprint density at radius 3 is 2.27 bits per heavy atom. The van der Waals surface area contributed by atoms with Gasteiger partial charge < -0.3 is 0 Å². The Morgan fingerprint density at radius 2 is 1.82 bits per heavy atom. The fraction of sp³-hybridized carbons (Fsp3) is 0.250. The lowest BCUT2D eigenvalue weighted by Gasteiger charge is -2.03. The van der Waals surface area contributed by atoms with Crippen molar-refractivity contribution in [3.8, 4) is 0 Å². The summed E-state index contributed by atoms with van der Waals surface area (Å²) < 4.78 is 12.2. The molecule has 0 radical (unpaired) electrons. The summed E-state index contributed by atoms with van der Waals surface area (Å²) in [4.78, 5) is 0. The molecule has 0 spiro atoms. The second kappa shape index (κ2) is 5.10. The van der Waals surface area contributed by atoms with Crippen LogP contribution < -0.4 is 0 Å². The summed E-state index contributed by atoms with van der Waals surface area (Å²) in [6.45, 7) is 0.362. The molecule has 0 amide bonds. The summed E-state index contributed by atoms with van der Waals surface area (Å²) in [5.41, 5.74) is 0.993. The SMILES string of the molecule is CN(F)Cc1ccccc1.Cl. The van der Waals surface area contributed by atoms with Crippen LogP contribution in [0.1, 0.15) is 5.56 Å². The molecule has 0 aliphatic rings. The predicted octanol–water partition coefficient (Wildman–Crippen LogP) is 2.42. The van der Waals surface area contributed by atoms with E-state index in [0.29, 0.717) is 11.7 Å². The van der Waals surface area contributed by atoms with Gasteiger partial charge in [-0.1, -0.05) is 30.3 Å². The Hall–Kier alpha value is -0.600. The van der Waals surface area contributed by atoms with Gasteiger partial charge in [0.05, 0.1) is 6.54 Å². The van der Waals surface area contributed by atoms with Crippen LogP contribution in [0, 0.1) is 0 Å². The molecular formula is C8H11ClFN. The molecule has 0 aromatic heterocycles. The van der Waals surface area contributed by atoms with Crippen LogP contribution >= 0.6 is 12.4 Å². The zero-order chi connectivity index (χ0) is 7.40. The van der Waals surface area contributed by atoms with E-state index in [1.54, 1.807) is 0 Å². The van der Waals surface area contributed by atoms with Gasteiger partial charge in [-0.2, -0.15) is 0 Å². The Balaban J connectivity index is 0.000001000. The van der Waals surface area contributed by atoms with Gasteiger partial charge in [-0.15, -0.1) is 22.0 Å². The maximum absolute atomic E-state index is 12.2. The predicted molar refractivity (Wildman–Crippen MR) is 46.3 cm³/mol. The largest absolute Gasteiger partial charge is 0.147 e. The van der Waals surface area contributed by atoms with Gasteiger partial charge >= 0.3 is 0 Å². The maximum atomic E-state index is 12.2. The van der Waals surface area contributed by atoms with E-state index in [1.165, 1.54) is 7.05 Å². The molecule has 0 fully saturated rings. The van der Waals surface area contributed by atoms with E-state index in [2.05, 4.69) is 0 Å². The Bertz CT molecular complexity index is 189. The van der Waals surface area contributed by atoms with Gasteiger partial charge in [-0.3, -0.25) is 0 Å². The minimum absolute atomic E-state index is 0. The van der Waals surface area contributed by atoms with E-state index in [1.807, 2.05) is 30.3 Å². The summed E-state index contributed by atoms with van der Waals surface area (Å²) in [5.74, 6) is 0. The molecule has 0 aliphatic carbocycles. The second-order valence-corrected chi connectivity index (χ2v) is 2.25. The number of rotatable bonds is 2. The van der Waals surface area contributed by atoms with Crippen LogP contribution in [-0.2, 0) is 6.54 Å². The first-order chi connectivity index (χ1) is 4.79. The molecule has 62 valence electrons. The highest BCUT2D eigenvalue weighted by Gasteiger charge is 1.94. The normalized spacial score (nSPS) is 9.36. The van der Waals surface area contributed by atoms with Crippen molar-refractivity contribution in [1.82, 2.24) is 5.12 Å². The molecule has 0 heterocycles. The van der Waals surface area contributed by atoms with Crippen molar-refractivity contribution in [1.29, 1.82) is 0 Å². The molecule has 3 heteroatoms. The molecule has 1 aromatic rings. The van der Waals surface area contributed by atoms with Gasteiger partial charge in [-0.05, 0) is 5.56 Å². The van der Waals surface area contributed by atoms with Gasteiger partial charge in [0.25, 0.3) is 0 Å². The van der Waals surface area contributed by atoms with Crippen LogP contribution in [0.4, 0.5) is 4.48 Å². The van der Waals surface area contributed by atoms with Crippen molar-refractivity contribution in [2.75, 3.05) is 7.05 Å². The smallest absolute Gasteiger partial charge is 0.0537 e. The standard InChI is InChI=1S/C8H10FN.ClH/c1-10(9)7-8-5-3-2-4-6-8;/h2-6H,7H2,1H3;1H. The maximum Gasteiger partial charge on any atom is 0.0537 e. The molecule has 11 heavy (non-hydrogen) atoms. The summed E-state index contributed by atoms with van der Waals surface area (Å²) in [6, 6.07) is 9.52. The first kappa shape index (κ1) is 10.4. The highest BCUT2D eigenvalue weighted by atomic mass is 35.5. The van der Waals surface area contributed by atoms with Crippen molar-refractivity contribution < 1.29 is 4.48 Å². The highest BCUT2D eigenvalue weighted by Crippen LogP contribution is 2.01. The molecule has 1 aromatic carbocycles. The first-order valence-electron chi connectivity index (χ1n) is 3.20. The minimum atomic E-state index is 0. The van der Waals surface area contributed by atoms with Crippen molar-refractivity contribution in [3.63, 3.8) is 0 Å². The van der Waals surface area contributed by atoms with Gasteiger partial charge in [0.15, 0.2) is 0 Å². The zero-order valence-corrected chi connectivity index (χ0v) is 7.14. The van der Waals surface area contributed by atoms with Crippen molar-refractivity contribution in [2.24, 2.45) is 0 Å². The average molecular weight is 176 g/mol. The lowest BCUT2D eigenvalue weighted by atomic mass is 10.2. The number of nitrogens with zero attached hydrogens (tertiary/aromatic N) is 1. The number of halogens is 2. The Labute approximate surface area is 72.2 Å². The van der Waals surface area contributed by atoms with Crippen LogP contribution in [0.2, 0.25) is 0 Å². The molecule has 1 rings (SSSR count). The van der Waals surface area contributed by atoms with Crippen LogP contribution in [0.5, 0.6) is 0 Å². The quantitative estimate of drug-likeness (QED) is 0.624. The van der Waals surface area contributed by atoms with E-state index in [-0.39, 0.29) is 12.4 Å². The molecule has 0 bridgehead atoms. The Kier molecular flexibility index (Phi) is 4.83. The summed E-state index contributed by atoms with van der Waals surface area (Å²) >= 11 is 0. The number of benzene rings is 1. The van der Waals surface area contributed by atoms with Gasteiger partial charge in [0, 0.05) is 7.05 Å². The highest BCUT2D eigenvalue weighted by molar-refractivity contribution is 5.85. The molecule has 0 aliphatic heterocycles. The van der Waals surface area contributed by atoms with E-state index < -0.39 is 0 Å².